The van der Waals surface area contributed by atoms with Gasteiger partial charge >= 0.3 is 0 Å². The lowest BCUT2D eigenvalue weighted by Crippen LogP contribution is -2.07. The Labute approximate surface area is 94.4 Å². The summed E-state index contributed by atoms with van der Waals surface area (Å²) in [6.07, 6.45) is 4.51. The molecule has 86 valence electrons. The molecule has 0 unspecified atom stereocenters. The van der Waals surface area contributed by atoms with Gasteiger partial charge in [0.05, 0.1) is 12.3 Å². The average molecular weight is 220 g/mol. The van der Waals surface area contributed by atoms with E-state index < -0.39 is 0 Å². The van der Waals surface area contributed by atoms with Crippen LogP contribution in [0.1, 0.15) is 24.0 Å². The van der Waals surface area contributed by atoms with E-state index in [9.17, 15) is 5.11 Å². The quantitative estimate of drug-likeness (QED) is 0.838. The van der Waals surface area contributed by atoms with Crippen LogP contribution in [0, 0.1) is 6.92 Å². The van der Waals surface area contributed by atoms with Gasteiger partial charge in [-0.2, -0.15) is 5.10 Å². The van der Waals surface area contributed by atoms with Crippen molar-refractivity contribution in [3.63, 3.8) is 0 Å². The molecule has 2 rings (SSSR count). The predicted molar refractivity (Wildman–Crippen MR) is 60.4 cm³/mol. The molecule has 0 radical (unpaired) electrons. The second-order valence-corrected chi connectivity index (χ2v) is 3.74. The number of aliphatic hydroxyl groups is 1. The molecular weight excluding hydrogens is 204 g/mol. The molecule has 0 aliphatic heterocycles. The first kappa shape index (κ1) is 10.9. The van der Waals surface area contributed by atoms with Crippen molar-refractivity contribution in [3.8, 4) is 5.82 Å². The van der Waals surface area contributed by atoms with Crippen molar-refractivity contribution in [2.45, 2.75) is 26.9 Å². The third-order valence-corrected chi connectivity index (χ3v) is 2.73. The minimum absolute atomic E-state index is 0.00363. The molecule has 0 fully saturated rings. The molecule has 0 aliphatic carbocycles. The molecule has 2 aromatic rings. The number of aliphatic hydroxyl groups excluding tert-OH is 1. The highest BCUT2D eigenvalue weighted by Gasteiger charge is 2.15. The van der Waals surface area contributed by atoms with Gasteiger partial charge in [-0.25, -0.2) is 4.98 Å². The van der Waals surface area contributed by atoms with E-state index in [-0.39, 0.29) is 6.61 Å². The minimum Gasteiger partial charge on any atom is -0.391 e. The Balaban J connectivity index is 2.63. The number of hydrogen-bond acceptors (Lipinski definition) is 3. The van der Waals surface area contributed by atoms with E-state index >= 15 is 0 Å². The van der Waals surface area contributed by atoms with Gasteiger partial charge in [0.25, 0.3) is 0 Å². The fraction of sp³-hybridized carbons (Fsp3) is 0.455. The third-order valence-electron chi connectivity index (χ3n) is 2.73. The molecule has 0 saturated heterocycles. The van der Waals surface area contributed by atoms with Crippen molar-refractivity contribution < 1.29 is 5.11 Å². The van der Waals surface area contributed by atoms with E-state index in [1.165, 1.54) is 0 Å². The van der Waals surface area contributed by atoms with Crippen molar-refractivity contribution in [1.29, 1.82) is 0 Å². The van der Waals surface area contributed by atoms with Gasteiger partial charge in [0.15, 0.2) is 0 Å². The van der Waals surface area contributed by atoms with Gasteiger partial charge in [0.2, 0.25) is 0 Å². The zero-order valence-corrected chi connectivity index (χ0v) is 9.80. The van der Waals surface area contributed by atoms with Crippen LogP contribution < -0.4 is 0 Å². The summed E-state index contributed by atoms with van der Waals surface area (Å²) in [5, 5.41) is 13.7. The Hall–Kier alpha value is -1.62. The van der Waals surface area contributed by atoms with Crippen LogP contribution in [0.4, 0.5) is 0 Å². The van der Waals surface area contributed by atoms with Crippen LogP contribution in [0.2, 0.25) is 0 Å². The molecule has 0 aliphatic rings. The standard InChI is InChI=1S/C11H16N4O/c1-4-10-12-5-6-15(10)11-9(7-16)8(2)13-14(11)3/h5-6,16H,4,7H2,1-3H3. The van der Waals surface area contributed by atoms with Gasteiger partial charge in [-0.15, -0.1) is 0 Å². The van der Waals surface area contributed by atoms with Crippen LogP contribution in [0.25, 0.3) is 5.82 Å². The van der Waals surface area contributed by atoms with E-state index in [1.54, 1.807) is 10.9 Å². The summed E-state index contributed by atoms with van der Waals surface area (Å²) in [7, 11) is 1.88. The van der Waals surface area contributed by atoms with Crippen LogP contribution >= 0.6 is 0 Å². The van der Waals surface area contributed by atoms with Crippen molar-refractivity contribution in [3.05, 3.63) is 29.5 Å². The highest BCUT2D eigenvalue weighted by atomic mass is 16.3. The van der Waals surface area contributed by atoms with Crippen LogP contribution in [-0.4, -0.2) is 24.4 Å². The summed E-state index contributed by atoms with van der Waals surface area (Å²) < 4.78 is 3.76. The fourth-order valence-corrected chi connectivity index (χ4v) is 1.97. The topological polar surface area (TPSA) is 55.9 Å². The second kappa shape index (κ2) is 4.09. The molecule has 2 aromatic heterocycles. The summed E-state index contributed by atoms with van der Waals surface area (Å²) in [6, 6.07) is 0. The minimum atomic E-state index is -0.00363. The van der Waals surface area contributed by atoms with E-state index in [4.69, 9.17) is 0 Å². The molecular formula is C11H16N4O. The predicted octanol–water partition coefficient (Wildman–Crippen LogP) is 0.969. The monoisotopic (exact) mass is 220 g/mol. The lowest BCUT2D eigenvalue weighted by atomic mass is 10.2. The molecule has 0 bridgehead atoms. The maximum absolute atomic E-state index is 9.39. The molecule has 0 spiro atoms. The first-order valence-corrected chi connectivity index (χ1v) is 5.35. The Bertz CT molecular complexity index is 498. The molecule has 2 heterocycles. The zero-order chi connectivity index (χ0) is 11.7. The van der Waals surface area contributed by atoms with Gasteiger partial charge in [0, 0.05) is 31.4 Å². The molecule has 16 heavy (non-hydrogen) atoms. The largest absolute Gasteiger partial charge is 0.391 e. The molecule has 0 aromatic carbocycles. The summed E-state index contributed by atoms with van der Waals surface area (Å²) in [4.78, 5) is 4.28. The first-order valence-electron chi connectivity index (χ1n) is 5.35. The van der Waals surface area contributed by atoms with E-state index in [1.807, 2.05) is 24.7 Å². The molecule has 0 amide bonds. The van der Waals surface area contributed by atoms with Crippen LogP contribution in [0.5, 0.6) is 0 Å². The smallest absolute Gasteiger partial charge is 0.141 e. The van der Waals surface area contributed by atoms with Gasteiger partial charge in [0.1, 0.15) is 11.6 Å². The summed E-state index contributed by atoms with van der Waals surface area (Å²) in [5.41, 5.74) is 1.71. The molecule has 5 nitrogen and oxygen atoms in total. The van der Waals surface area contributed by atoms with Gasteiger partial charge in [-0.05, 0) is 6.92 Å². The molecule has 5 heteroatoms. The molecule has 0 saturated carbocycles. The fourth-order valence-electron chi connectivity index (χ4n) is 1.97. The zero-order valence-electron chi connectivity index (χ0n) is 9.80. The van der Waals surface area contributed by atoms with Gasteiger partial charge in [-0.3, -0.25) is 9.25 Å². The first-order chi connectivity index (χ1) is 7.69. The second-order valence-electron chi connectivity index (χ2n) is 3.74. The van der Waals surface area contributed by atoms with Gasteiger partial charge < -0.3 is 5.11 Å². The average Bonchev–Trinajstić information content (AvgIpc) is 2.81. The van der Waals surface area contributed by atoms with Gasteiger partial charge in [-0.1, -0.05) is 6.92 Å². The summed E-state index contributed by atoms with van der Waals surface area (Å²) in [6.45, 7) is 3.95. The SMILES string of the molecule is CCc1nccn1-c1c(CO)c(C)nn1C. The van der Waals surface area contributed by atoms with E-state index in [0.717, 1.165) is 29.3 Å². The number of rotatable bonds is 3. The number of imidazole rings is 1. The highest BCUT2D eigenvalue weighted by molar-refractivity contribution is 5.38. The van der Waals surface area contributed by atoms with Crippen molar-refractivity contribution in [2.24, 2.45) is 7.05 Å². The molecule has 0 atom stereocenters. The lowest BCUT2D eigenvalue weighted by molar-refractivity contribution is 0.280. The summed E-state index contributed by atoms with van der Waals surface area (Å²) >= 11 is 0. The number of aryl methyl sites for hydroxylation is 3. The van der Waals surface area contributed by atoms with Crippen LogP contribution in [-0.2, 0) is 20.1 Å². The van der Waals surface area contributed by atoms with Crippen molar-refractivity contribution >= 4 is 0 Å². The van der Waals surface area contributed by atoms with E-state index in [2.05, 4.69) is 17.0 Å². The maximum atomic E-state index is 9.39. The summed E-state index contributed by atoms with van der Waals surface area (Å²) in [5.74, 6) is 1.87. The number of nitrogens with zero attached hydrogens (tertiary/aromatic N) is 4. The maximum Gasteiger partial charge on any atom is 0.141 e. The third kappa shape index (κ3) is 1.53. The van der Waals surface area contributed by atoms with Crippen molar-refractivity contribution in [2.75, 3.05) is 0 Å². The Kier molecular flexibility index (Phi) is 2.78. The number of hydrogen-bond donors (Lipinski definition) is 1. The van der Waals surface area contributed by atoms with Crippen LogP contribution in [0.3, 0.4) is 0 Å². The Morgan fingerprint density at radius 2 is 2.19 bits per heavy atom. The van der Waals surface area contributed by atoms with Crippen molar-refractivity contribution in [1.82, 2.24) is 19.3 Å². The van der Waals surface area contributed by atoms with Crippen LogP contribution in [0.15, 0.2) is 12.4 Å². The number of aromatic nitrogens is 4. The van der Waals surface area contributed by atoms with E-state index in [0.29, 0.717) is 0 Å². The highest BCUT2D eigenvalue weighted by Crippen LogP contribution is 2.19. The normalized spacial score (nSPS) is 11.0. The molecule has 1 N–H and O–H groups in total. The Morgan fingerprint density at radius 3 is 2.81 bits per heavy atom. The Morgan fingerprint density at radius 1 is 1.44 bits per heavy atom. The lowest BCUT2D eigenvalue weighted by Gasteiger charge is -2.08.